The molecule has 6 heteroatoms. The number of hydrogen-bond donors (Lipinski definition) is 2. The Labute approximate surface area is 80.2 Å². The number of nitrogens with one attached hydrogen (secondary N) is 1. The summed E-state index contributed by atoms with van der Waals surface area (Å²) >= 11 is 0. The van der Waals surface area contributed by atoms with Gasteiger partial charge in [0.25, 0.3) is 5.56 Å². The fourth-order valence-electron chi connectivity index (χ4n) is 0.358. The van der Waals surface area contributed by atoms with Gasteiger partial charge in [-0.25, -0.2) is 4.98 Å². The van der Waals surface area contributed by atoms with Gasteiger partial charge in [0.2, 0.25) is 5.88 Å². The second kappa shape index (κ2) is 5.43. The van der Waals surface area contributed by atoms with Gasteiger partial charge >= 0.3 is 29.6 Å². The average molecular weight is 154 g/mol. The van der Waals surface area contributed by atoms with Gasteiger partial charge in [-0.3, -0.25) is 4.79 Å². The summed E-state index contributed by atoms with van der Waals surface area (Å²) in [5, 5.41) is 8.48. The third kappa shape index (κ3) is 3.62. The van der Waals surface area contributed by atoms with Gasteiger partial charge in [0.1, 0.15) is 0 Å². The molecule has 0 saturated carbocycles. The SMILES string of the molecule is O.O=c1cc(O)nc[nH]1.[H-].[Na+]. The summed E-state index contributed by atoms with van der Waals surface area (Å²) in [6.07, 6.45) is 1.14. The summed E-state index contributed by atoms with van der Waals surface area (Å²) in [5.41, 5.74) is -0.350. The van der Waals surface area contributed by atoms with E-state index in [0.717, 1.165) is 12.4 Å². The van der Waals surface area contributed by atoms with E-state index in [1.54, 1.807) is 0 Å². The van der Waals surface area contributed by atoms with Crippen LogP contribution in [-0.2, 0) is 0 Å². The number of aromatic amines is 1. The van der Waals surface area contributed by atoms with E-state index in [1.165, 1.54) is 0 Å². The average Bonchev–Trinajstić information content (AvgIpc) is 1.64. The molecule has 0 unspecified atom stereocenters. The monoisotopic (exact) mass is 154 g/mol. The van der Waals surface area contributed by atoms with Crippen LogP contribution in [0.3, 0.4) is 0 Å². The molecule has 0 aliphatic rings. The minimum absolute atomic E-state index is 0. The summed E-state index contributed by atoms with van der Waals surface area (Å²) < 4.78 is 0. The van der Waals surface area contributed by atoms with Crippen LogP contribution in [0.5, 0.6) is 5.88 Å². The van der Waals surface area contributed by atoms with E-state index in [4.69, 9.17) is 5.11 Å². The molecule has 1 aromatic rings. The van der Waals surface area contributed by atoms with Crippen molar-refractivity contribution >= 4 is 0 Å². The van der Waals surface area contributed by atoms with Crippen LogP contribution in [0.1, 0.15) is 1.43 Å². The summed E-state index contributed by atoms with van der Waals surface area (Å²) in [7, 11) is 0. The maximum atomic E-state index is 10.2. The van der Waals surface area contributed by atoms with E-state index in [2.05, 4.69) is 9.97 Å². The Hall–Kier alpha value is -0.360. The molecule has 4 N–H and O–H groups in total. The Bertz CT molecular complexity index is 241. The molecule has 0 bridgehead atoms. The predicted octanol–water partition coefficient (Wildman–Crippen LogP) is -4.23. The van der Waals surface area contributed by atoms with Crippen LogP contribution >= 0.6 is 0 Å². The van der Waals surface area contributed by atoms with Crippen molar-refractivity contribution in [3.05, 3.63) is 22.7 Å². The fourth-order valence-corrected chi connectivity index (χ4v) is 0.358. The number of aromatic hydroxyl groups is 1. The standard InChI is InChI=1S/C4H4N2O2.Na.H2O.H/c7-3-1-4(8)6-2-5-3;;;/h1-2H,(H2,5,6,7,8);;1H2;/q;+1;;-1. The van der Waals surface area contributed by atoms with Gasteiger partial charge in [-0.2, -0.15) is 0 Å². The molecule has 0 radical (unpaired) electrons. The third-order valence-electron chi connectivity index (χ3n) is 0.664. The molecule has 0 fully saturated rings. The van der Waals surface area contributed by atoms with Crippen LogP contribution in [0.25, 0.3) is 0 Å². The van der Waals surface area contributed by atoms with E-state index < -0.39 is 0 Å². The van der Waals surface area contributed by atoms with Crippen molar-refractivity contribution in [2.75, 3.05) is 0 Å². The molecule has 0 aliphatic heterocycles. The van der Waals surface area contributed by atoms with Crippen LogP contribution < -0.4 is 35.1 Å². The molecule has 52 valence electrons. The van der Waals surface area contributed by atoms with Crippen molar-refractivity contribution in [1.29, 1.82) is 0 Å². The second-order valence-electron chi connectivity index (χ2n) is 1.27. The van der Waals surface area contributed by atoms with Crippen LogP contribution in [0, 0.1) is 0 Å². The first-order chi connectivity index (χ1) is 3.79. The van der Waals surface area contributed by atoms with Crippen LogP contribution in [0.2, 0.25) is 0 Å². The van der Waals surface area contributed by atoms with Crippen molar-refractivity contribution in [2.24, 2.45) is 0 Å². The quantitative estimate of drug-likeness (QED) is 0.370. The molecule has 5 nitrogen and oxygen atoms in total. The van der Waals surface area contributed by atoms with Crippen molar-refractivity contribution in [1.82, 2.24) is 9.97 Å². The van der Waals surface area contributed by atoms with E-state index in [-0.39, 0.29) is 47.9 Å². The molecular formula is C4H7N2NaO3. The molecule has 0 aromatic carbocycles. The summed E-state index contributed by atoms with van der Waals surface area (Å²) in [5.74, 6) is -0.256. The first-order valence-electron chi connectivity index (χ1n) is 2.03. The zero-order chi connectivity index (χ0) is 5.98. The van der Waals surface area contributed by atoms with Gasteiger partial charge in [-0.1, -0.05) is 0 Å². The number of hydrogen-bond acceptors (Lipinski definition) is 3. The fraction of sp³-hybridized carbons (Fsp3) is 0. The second-order valence-corrected chi connectivity index (χ2v) is 1.27. The molecule has 0 spiro atoms. The molecule has 0 atom stereocenters. The molecule has 0 saturated heterocycles. The summed E-state index contributed by atoms with van der Waals surface area (Å²) in [6, 6.07) is 1.00. The number of nitrogens with zero attached hydrogens (tertiary/aromatic N) is 1. The number of aromatic nitrogens is 2. The summed E-state index contributed by atoms with van der Waals surface area (Å²) in [4.78, 5) is 15.8. The van der Waals surface area contributed by atoms with Crippen molar-refractivity contribution in [3.8, 4) is 5.88 Å². The Morgan fingerprint density at radius 2 is 2.30 bits per heavy atom. The zero-order valence-electron chi connectivity index (χ0n) is 6.46. The molecule has 1 heterocycles. The van der Waals surface area contributed by atoms with Gasteiger partial charge in [0, 0.05) is 0 Å². The molecular weight excluding hydrogens is 147 g/mol. The van der Waals surface area contributed by atoms with Gasteiger partial charge in [-0.15, -0.1) is 0 Å². The Morgan fingerprint density at radius 1 is 1.70 bits per heavy atom. The molecule has 0 amide bonds. The number of rotatable bonds is 0. The van der Waals surface area contributed by atoms with Gasteiger partial charge in [-0.05, 0) is 0 Å². The molecule has 1 aromatic heterocycles. The van der Waals surface area contributed by atoms with Crippen LogP contribution in [0.4, 0.5) is 0 Å². The van der Waals surface area contributed by atoms with Crippen molar-refractivity contribution in [3.63, 3.8) is 0 Å². The minimum atomic E-state index is -0.350. The van der Waals surface area contributed by atoms with Gasteiger partial charge in [0.15, 0.2) is 0 Å². The van der Waals surface area contributed by atoms with Gasteiger partial charge in [0.05, 0.1) is 12.4 Å². The largest absolute Gasteiger partial charge is 1.00 e. The minimum Gasteiger partial charge on any atom is -1.00 e. The van der Waals surface area contributed by atoms with Gasteiger partial charge < -0.3 is 17.0 Å². The Morgan fingerprint density at radius 3 is 2.60 bits per heavy atom. The Kier molecular flexibility index (Phi) is 6.69. The Balaban J connectivity index is -0.000000213. The number of H-pyrrole nitrogens is 1. The maximum Gasteiger partial charge on any atom is 1.00 e. The smallest absolute Gasteiger partial charge is 1.00 e. The van der Waals surface area contributed by atoms with Crippen LogP contribution in [0.15, 0.2) is 17.2 Å². The van der Waals surface area contributed by atoms with Crippen molar-refractivity contribution < 1.29 is 41.6 Å². The predicted molar refractivity (Wildman–Crippen MR) is 31.2 cm³/mol. The maximum absolute atomic E-state index is 10.2. The van der Waals surface area contributed by atoms with E-state index in [0.29, 0.717) is 0 Å². The summed E-state index contributed by atoms with van der Waals surface area (Å²) in [6.45, 7) is 0. The molecule has 1 rings (SSSR count). The van der Waals surface area contributed by atoms with Crippen LogP contribution in [-0.4, -0.2) is 20.6 Å². The van der Waals surface area contributed by atoms with E-state index in [9.17, 15) is 4.79 Å². The van der Waals surface area contributed by atoms with E-state index >= 15 is 0 Å². The first-order valence-corrected chi connectivity index (χ1v) is 2.03. The van der Waals surface area contributed by atoms with E-state index in [1.807, 2.05) is 0 Å². The third-order valence-corrected chi connectivity index (χ3v) is 0.664. The topological polar surface area (TPSA) is 97.5 Å². The van der Waals surface area contributed by atoms with Crippen molar-refractivity contribution in [2.45, 2.75) is 0 Å². The zero-order valence-corrected chi connectivity index (χ0v) is 7.46. The normalized spacial score (nSPS) is 7.20. The molecule has 10 heavy (non-hydrogen) atoms. The first kappa shape index (κ1) is 12.3. The molecule has 0 aliphatic carbocycles.